The maximum absolute atomic E-state index is 4.61. The molecule has 0 amide bonds. The van der Waals surface area contributed by atoms with Gasteiger partial charge in [-0.1, -0.05) is 11.8 Å². The SMILES string of the molecule is CC1CCSC(=NCCN(C)C2CC2)N1. The van der Waals surface area contributed by atoms with Crippen molar-refractivity contribution in [2.24, 2.45) is 4.99 Å². The first-order valence-electron chi connectivity index (χ1n) is 5.90. The summed E-state index contributed by atoms with van der Waals surface area (Å²) >= 11 is 1.86. The molecule has 0 aromatic rings. The summed E-state index contributed by atoms with van der Waals surface area (Å²) in [5.74, 6) is 1.21. The van der Waals surface area contributed by atoms with E-state index in [0.717, 1.165) is 24.3 Å². The fourth-order valence-corrected chi connectivity index (χ4v) is 2.89. The first kappa shape index (κ1) is 11.3. The van der Waals surface area contributed by atoms with Crippen molar-refractivity contribution in [1.29, 1.82) is 0 Å². The lowest BCUT2D eigenvalue weighted by Gasteiger charge is -2.22. The van der Waals surface area contributed by atoms with Crippen molar-refractivity contribution in [2.75, 3.05) is 25.9 Å². The second-order valence-corrected chi connectivity index (χ2v) is 5.66. The molecule has 1 unspecified atom stereocenters. The molecule has 15 heavy (non-hydrogen) atoms. The van der Waals surface area contributed by atoms with Gasteiger partial charge in [-0.25, -0.2) is 0 Å². The fraction of sp³-hybridized carbons (Fsp3) is 0.909. The van der Waals surface area contributed by atoms with Gasteiger partial charge in [0, 0.05) is 24.4 Å². The first-order valence-corrected chi connectivity index (χ1v) is 6.88. The van der Waals surface area contributed by atoms with E-state index >= 15 is 0 Å². The van der Waals surface area contributed by atoms with E-state index in [1.807, 2.05) is 11.8 Å². The van der Waals surface area contributed by atoms with Crippen LogP contribution in [0.5, 0.6) is 0 Å². The van der Waals surface area contributed by atoms with Crippen LogP contribution in [0.25, 0.3) is 0 Å². The number of nitrogens with one attached hydrogen (secondary N) is 1. The molecule has 1 N–H and O–H groups in total. The van der Waals surface area contributed by atoms with Crippen molar-refractivity contribution in [2.45, 2.75) is 38.3 Å². The normalized spacial score (nSPS) is 29.5. The number of amidine groups is 1. The molecule has 1 saturated carbocycles. The lowest BCUT2D eigenvalue weighted by molar-refractivity contribution is 0.334. The number of nitrogens with zero attached hydrogens (tertiary/aromatic N) is 2. The summed E-state index contributed by atoms with van der Waals surface area (Å²) < 4.78 is 0. The van der Waals surface area contributed by atoms with Gasteiger partial charge in [0.25, 0.3) is 0 Å². The lowest BCUT2D eigenvalue weighted by Crippen LogP contribution is -2.36. The Morgan fingerprint density at radius 1 is 1.47 bits per heavy atom. The van der Waals surface area contributed by atoms with Crippen LogP contribution in [0.15, 0.2) is 4.99 Å². The van der Waals surface area contributed by atoms with Crippen molar-refractivity contribution in [3.8, 4) is 0 Å². The molecule has 1 atom stereocenters. The summed E-state index contributed by atoms with van der Waals surface area (Å²) in [5.41, 5.74) is 0. The average molecular weight is 227 g/mol. The number of hydrogen-bond acceptors (Lipinski definition) is 3. The van der Waals surface area contributed by atoms with Gasteiger partial charge < -0.3 is 10.2 Å². The Kier molecular flexibility index (Phi) is 3.92. The van der Waals surface area contributed by atoms with E-state index in [4.69, 9.17) is 0 Å². The zero-order valence-electron chi connectivity index (χ0n) is 9.70. The Morgan fingerprint density at radius 3 is 2.93 bits per heavy atom. The summed E-state index contributed by atoms with van der Waals surface area (Å²) in [6, 6.07) is 1.46. The highest BCUT2D eigenvalue weighted by molar-refractivity contribution is 8.13. The van der Waals surface area contributed by atoms with Gasteiger partial charge in [0.15, 0.2) is 5.17 Å². The van der Waals surface area contributed by atoms with Crippen molar-refractivity contribution in [1.82, 2.24) is 10.2 Å². The maximum Gasteiger partial charge on any atom is 0.156 e. The van der Waals surface area contributed by atoms with E-state index in [-0.39, 0.29) is 0 Å². The Morgan fingerprint density at radius 2 is 2.27 bits per heavy atom. The minimum Gasteiger partial charge on any atom is -0.362 e. The molecule has 3 nitrogen and oxygen atoms in total. The van der Waals surface area contributed by atoms with Gasteiger partial charge in [-0.3, -0.25) is 4.99 Å². The van der Waals surface area contributed by atoms with Crippen LogP contribution in [0.3, 0.4) is 0 Å². The third-order valence-corrected chi connectivity index (χ3v) is 4.00. The van der Waals surface area contributed by atoms with Crippen LogP contribution < -0.4 is 5.32 Å². The Bertz CT molecular complexity index is 238. The Hall–Kier alpha value is -0.220. The quantitative estimate of drug-likeness (QED) is 0.790. The number of aliphatic imine (C=N–C) groups is 1. The maximum atomic E-state index is 4.61. The van der Waals surface area contributed by atoms with E-state index in [0.29, 0.717) is 6.04 Å². The molecule has 1 aliphatic heterocycles. The van der Waals surface area contributed by atoms with Gasteiger partial charge >= 0.3 is 0 Å². The van der Waals surface area contributed by atoms with Crippen molar-refractivity contribution in [3.63, 3.8) is 0 Å². The first-order chi connectivity index (χ1) is 7.25. The highest BCUT2D eigenvalue weighted by Gasteiger charge is 2.25. The molecule has 0 spiro atoms. The van der Waals surface area contributed by atoms with Crippen LogP contribution in [0.1, 0.15) is 26.2 Å². The summed E-state index contributed by atoms with van der Waals surface area (Å²) in [6.45, 7) is 4.27. The minimum atomic E-state index is 0.603. The molecule has 1 saturated heterocycles. The molecular weight excluding hydrogens is 206 g/mol. The molecule has 0 bridgehead atoms. The molecule has 0 radical (unpaired) electrons. The predicted octanol–water partition coefficient (Wildman–Crippen LogP) is 1.55. The lowest BCUT2D eigenvalue weighted by atomic mass is 10.3. The molecule has 2 fully saturated rings. The molecule has 0 aromatic carbocycles. The van der Waals surface area contributed by atoms with Gasteiger partial charge in [0.05, 0.1) is 6.54 Å². The predicted molar refractivity (Wildman–Crippen MR) is 67.6 cm³/mol. The highest BCUT2D eigenvalue weighted by atomic mass is 32.2. The van der Waals surface area contributed by atoms with Crippen molar-refractivity contribution >= 4 is 16.9 Å². The Labute approximate surface area is 96.7 Å². The van der Waals surface area contributed by atoms with Gasteiger partial charge in [-0.05, 0) is 33.2 Å². The number of likely N-dealkylation sites (N-methyl/N-ethyl adjacent to an activating group) is 1. The van der Waals surface area contributed by atoms with E-state index in [1.165, 1.54) is 25.0 Å². The van der Waals surface area contributed by atoms with Crippen molar-refractivity contribution < 1.29 is 0 Å². The van der Waals surface area contributed by atoms with Gasteiger partial charge in [-0.15, -0.1) is 0 Å². The van der Waals surface area contributed by atoms with Gasteiger partial charge in [0.2, 0.25) is 0 Å². The van der Waals surface area contributed by atoms with Crippen LogP contribution in [-0.4, -0.2) is 48.0 Å². The van der Waals surface area contributed by atoms with E-state index in [9.17, 15) is 0 Å². The van der Waals surface area contributed by atoms with Gasteiger partial charge in [-0.2, -0.15) is 0 Å². The van der Waals surface area contributed by atoms with E-state index < -0.39 is 0 Å². The molecule has 0 aromatic heterocycles. The second kappa shape index (κ2) is 5.21. The summed E-state index contributed by atoms with van der Waals surface area (Å²) in [6.07, 6.45) is 4.03. The van der Waals surface area contributed by atoms with Crippen LogP contribution >= 0.6 is 11.8 Å². The van der Waals surface area contributed by atoms with Crippen molar-refractivity contribution in [3.05, 3.63) is 0 Å². The third kappa shape index (κ3) is 3.68. The summed E-state index contributed by atoms with van der Waals surface area (Å²) in [7, 11) is 2.21. The largest absolute Gasteiger partial charge is 0.362 e. The van der Waals surface area contributed by atoms with E-state index in [2.05, 4.69) is 29.2 Å². The molecule has 4 heteroatoms. The number of thioether (sulfide) groups is 1. The molecule has 1 aliphatic carbocycles. The average Bonchev–Trinajstić information content (AvgIpc) is 3.00. The number of hydrogen-bond donors (Lipinski definition) is 1. The second-order valence-electron chi connectivity index (χ2n) is 4.58. The number of rotatable bonds is 4. The molecule has 2 rings (SSSR count). The van der Waals surface area contributed by atoms with Crippen LogP contribution in [0.2, 0.25) is 0 Å². The molecule has 1 heterocycles. The zero-order chi connectivity index (χ0) is 10.7. The standard InChI is InChI=1S/C11H21N3S/c1-9-5-8-15-11(13-9)12-6-7-14(2)10-3-4-10/h9-10H,3-8H2,1-2H3,(H,12,13). The monoisotopic (exact) mass is 227 g/mol. The summed E-state index contributed by atoms with van der Waals surface area (Å²) in [5, 5.41) is 4.58. The highest BCUT2D eigenvalue weighted by Crippen LogP contribution is 2.24. The van der Waals surface area contributed by atoms with Crippen LogP contribution in [0, 0.1) is 0 Å². The topological polar surface area (TPSA) is 27.6 Å². The van der Waals surface area contributed by atoms with Crippen LogP contribution in [0.4, 0.5) is 0 Å². The fourth-order valence-electron chi connectivity index (χ4n) is 1.76. The molecule has 2 aliphatic rings. The zero-order valence-corrected chi connectivity index (χ0v) is 10.5. The Balaban J connectivity index is 1.68. The third-order valence-electron chi connectivity index (χ3n) is 3.04. The van der Waals surface area contributed by atoms with E-state index in [1.54, 1.807) is 0 Å². The summed E-state index contributed by atoms with van der Waals surface area (Å²) in [4.78, 5) is 7.04. The smallest absolute Gasteiger partial charge is 0.156 e. The minimum absolute atomic E-state index is 0.603. The van der Waals surface area contributed by atoms with Crippen LogP contribution in [-0.2, 0) is 0 Å². The van der Waals surface area contributed by atoms with Gasteiger partial charge in [0.1, 0.15) is 0 Å². The molecular formula is C11H21N3S. The molecule has 86 valence electrons.